The normalized spacial score (nSPS) is 11.5. The van der Waals surface area contributed by atoms with Gasteiger partial charge in [0.05, 0.1) is 5.56 Å². The van der Waals surface area contributed by atoms with E-state index in [-0.39, 0.29) is 12.2 Å². The number of fused-ring (bicyclic) bond motifs is 1. The molecule has 3 aromatic carbocycles. The summed E-state index contributed by atoms with van der Waals surface area (Å²) in [6, 6.07) is 24.8. The maximum absolute atomic E-state index is 11.3. The fourth-order valence-electron chi connectivity index (χ4n) is 3.55. The van der Waals surface area contributed by atoms with E-state index < -0.39 is 5.97 Å². The van der Waals surface area contributed by atoms with E-state index in [0.29, 0.717) is 18.1 Å². The molecule has 4 aromatic rings. The number of hydrogen-bond acceptors (Lipinski definition) is 4. The summed E-state index contributed by atoms with van der Waals surface area (Å²) in [6.45, 7) is 3.17. The zero-order valence-electron chi connectivity index (χ0n) is 17.8. The van der Waals surface area contributed by atoms with E-state index in [1.54, 1.807) is 12.1 Å². The quantitative estimate of drug-likeness (QED) is 0.293. The lowest BCUT2D eigenvalue weighted by Gasteiger charge is -2.09. The highest BCUT2D eigenvalue weighted by Crippen LogP contribution is 2.24. The number of nitrogens with zero attached hydrogens (tertiary/aromatic N) is 2. The predicted molar refractivity (Wildman–Crippen MR) is 125 cm³/mol. The van der Waals surface area contributed by atoms with Crippen LogP contribution in [0.1, 0.15) is 28.4 Å². The van der Waals surface area contributed by atoms with Crippen LogP contribution in [0.3, 0.4) is 0 Å². The van der Waals surface area contributed by atoms with Crippen molar-refractivity contribution in [3.63, 3.8) is 0 Å². The Labute approximate surface area is 186 Å². The van der Waals surface area contributed by atoms with Crippen molar-refractivity contribution in [2.45, 2.75) is 13.5 Å². The van der Waals surface area contributed by atoms with Gasteiger partial charge in [-0.25, -0.2) is 4.79 Å². The molecule has 162 valence electrons. The molecule has 32 heavy (non-hydrogen) atoms. The highest BCUT2D eigenvalue weighted by molar-refractivity contribution is 6.11. The van der Waals surface area contributed by atoms with Crippen molar-refractivity contribution in [3.05, 3.63) is 102 Å². The minimum atomic E-state index is -0.998. The number of aromatic carboxylic acids is 1. The Kier molecular flexibility index (Phi) is 6.51. The first-order chi connectivity index (χ1) is 15.7. The summed E-state index contributed by atoms with van der Waals surface area (Å²) in [4.78, 5) is 16.6. The van der Waals surface area contributed by atoms with Gasteiger partial charge in [0.15, 0.2) is 0 Å². The number of oxime groups is 1. The molecule has 0 radical (unpaired) electrons. The zero-order chi connectivity index (χ0) is 22.3. The minimum absolute atomic E-state index is 0.141. The Morgan fingerprint density at radius 3 is 2.56 bits per heavy atom. The number of carboxylic acids is 1. The SMILES string of the molecule is CCO/N=C(\COc1cccc(C(=O)O)c1)c1cn(Cc2ccccc2)c2ccccc12. The van der Waals surface area contributed by atoms with Gasteiger partial charge >= 0.3 is 5.97 Å². The maximum Gasteiger partial charge on any atom is 0.335 e. The molecule has 0 unspecified atom stereocenters. The third-order valence-corrected chi connectivity index (χ3v) is 5.06. The highest BCUT2D eigenvalue weighted by Gasteiger charge is 2.16. The molecule has 0 aliphatic heterocycles. The third kappa shape index (κ3) is 4.81. The Hall–Kier alpha value is -4.06. The van der Waals surface area contributed by atoms with Crippen LogP contribution < -0.4 is 4.74 Å². The monoisotopic (exact) mass is 428 g/mol. The number of para-hydroxylation sites is 1. The smallest absolute Gasteiger partial charge is 0.335 e. The molecular weight excluding hydrogens is 404 g/mol. The zero-order valence-corrected chi connectivity index (χ0v) is 17.8. The van der Waals surface area contributed by atoms with E-state index in [1.807, 2.05) is 37.3 Å². The lowest BCUT2D eigenvalue weighted by molar-refractivity contribution is 0.0696. The summed E-state index contributed by atoms with van der Waals surface area (Å²) in [6.07, 6.45) is 2.06. The van der Waals surface area contributed by atoms with Gasteiger partial charge in [0.1, 0.15) is 24.7 Å². The van der Waals surface area contributed by atoms with Crippen LogP contribution in [0.15, 0.2) is 90.2 Å². The van der Waals surface area contributed by atoms with Crippen LogP contribution in [0, 0.1) is 0 Å². The van der Waals surface area contributed by atoms with Crippen LogP contribution in [0.5, 0.6) is 5.75 Å². The molecule has 0 spiro atoms. The summed E-state index contributed by atoms with van der Waals surface area (Å²) in [7, 11) is 0. The topological polar surface area (TPSA) is 73.1 Å². The molecule has 1 heterocycles. The number of hydrogen-bond donors (Lipinski definition) is 1. The molecule has 0 saturated carbocycles. The average Bonchev–Trinajstić information content (AvgIpc) is 3.18. The molecule has 0 saturated heterocycles. The van der Waals surface area contributed by atoms with E-state index in [9.17, 15) is 9.90 Å². The second-order valence-corrected chi connectivity index (χ2v) is 7.25. The number of ether oxygens (including phenoxy) is 1. The van der Waals surface area contributed by atoms with Crippen molar-refractivity contribution < 1.29 is 19.5 Å². The predicted octanol–water partition coefficient (Wildman–Crippen LogP) is 5.21. The van der Waals surface area contributed by atoms with E-state index in [4.69, 9.17) is 9.57 Å². The van der Waals surface area contributed by atoms with Crippen molar-refractivity contribution in [1.29, 1.82) is 0 Å². The Morgan fingerprint density at radius 2 is 1.78 bits per heavy atom. The molecule has 6 nitrogen and oxygen atoms in total. The lowest BCUT2D eigenvalue weighted by atomic mass is 10.1. The second-order valence-electron chi connectivity index (χ2n) is 7.25. The van der Waals surface area contributed by atoms with Crippen molar-refractivity contribution in [2.24, 2.45) is 5.16 Å². The molecule has 1 aromatic heterocycles. The number of carbonyl (C=O) groups is 1. The van der Waals surface area contributed by atoms with Crippen molar-refractivity contribution in [2.75, 3.05) is 13.2 Å². The van der Waals surface area contributed by atoms with Crippen LogP contribution in [-0.4, -0.2) is 34.6 Å². The maximum atomic E-state index is 11.3. The van der Waals surface area contributed by atoms with Gasteiger partial charge in [0, 0.05) is 29.2 Å². The van der Waals surface area contributed by atoms with Crippen molar-refractivity contribution in [1.82, 2.24) is 4.57 Å². The Balaban J connectivity index is 1.67. The molecule has 4 rings (SSSR count). The summed E-state index contributed by atoms with van der Waals surface area (Å²) >= 11 is 0. The van der Waals surface area contributed by atoms with Gasteiger partial charge < -0.3 is 19.2 Å². The number of aromatic nitrogens is 1. The molecule has 0 aliphatic rings. The molecule has 0 atom stereocenters. The molecule has 0 aliphatic carbocycles. The van der Waals surface area contributed by atoms with Gasteiger partial charge in [-0.3, -0.25) is 0 Å². The largest absolute Gasteiger partial charge is 0.487 e. The lowest BCUT2D eigenvalue weighted by Crippen LogP contribution is -2.14. The van der Waals surface area contributed by atoms with Gasteiger partial charge in [-0.1, -0.05) is 59.8 Å². The Bertz CT molecular complexity index is 1250. The molecule has 1 N–H and O–H groups in total. The van der Waals surface area contributed by atoms with Crippen LogP contribution >= 0.6 is 0 Å². The summed E-state index contributed by atoms with van der Waals surface area (Å²) in [5.41, 5.74) is 4.01. The van der Waals surface area contributed by atoms with Crippen LogP contribution in [0.25, 0.3) is 10.9 Å². The van der Waals surface area contributed by atoms with Crippen LogP contribution in [-0.2, 0) is 11.4 Å². The van der Waals surface area contributed by atoms with Gasteiger partial charge in [-0.2, -0.15) is 0 Å². The van der Waals surface area contributed by atoms with Crippen LogP contribution in [0.2, 0.25) is 0 Å². The minimum Gasteiger partial charge on any atom is -0.487 e. The Morgan fingerprint density at radius 1 is 1.00 bits per heavy atom. The molecule has 0 fully saturated rings. The third-order valence-electron chi connectivity index (χ3n) is 5.06. The van der Waals surface area contributed by atoms with Gasteiger partial charge in [-0.05, 0) is 36.8 Å². The first kappa shape index (κ1) is 21.2. The van der Waals surface area contributed by atoms with Crippen molar-refractivity contribution in [3.8, 4) is 5.75 Å². The summed E-state index contributed by atoms with van der Waals surface area (Å²) < 4.78 is 8.09. The van der Waals surface area contributed by atoms with Crippen molar-refractivity contribution >= 4 is 22.6 Å². The highest BCUT2D eigenvalue weighted by atomic mass is 16.6. The van der Waals surface area contributed by atoms with E-state index >= 15 is 0 Å². The molecule has 0 amide bonds. The number of carboxylic acid groups (broad SMARTS) is 1. The van der Waals surface area contributed by atoms with E-state index in [0.717, 1.165) is 23.0 Å². The van der Waals surface area contributed by atoms with E-state index in [1.165, 1.54) is 17.7 Å². The van der Waals surface area contributed by atoms with Crippen LogP contribution in [0.4, 0.5) is 0 Å². The van der Waals surface area contributed by atoms with E-state index in [2.05, 4.69) is 40.2 Å². The molecule has 6 heteroatoms. The fraction of sp³-hybridized carbons (Fsp3) is 0.154. The van der Waals surface area contributed by atoms with Gasteiger partial charge in [0.2, 0.25) is 0 Å². The standard InChI is InChI=1S/C26H24N2O4/c1-2-32-27-24(18-31-21-12-8-11-20(15-21)26(29)30)23-17-28(16-19-9-4-3-5-10-19)25-14-7-6-13-22(23)25/h3-15,17H,2,16,18H2,1H3,(H,29,30)/b27-24+. The molecule has 0 bridgehead atoms. The average molecular weight is 428 g/mol. The summed E-state index contributed by atoms with van der Waals surface area (Å²) in [5, 5.41) is 14.6. The summed E-state index contributed by atoms with van der Waals surface area (Å²) in [5.74, 6) is -0.537. The second kappa shape index (κ2) is 9.83. The number of rotatable bonds is 9. The van der Waals surface area contributed by atoms with Gasteiger partial charge in [0.25, 0.3) is 0 Å². The first-order valence-corrected chi connectivity index (χ1v) is 10.4. The number of benzene rings is 3. The molecular formula is C26H24N2O4. The fourth-order valence-corrected chi connectivity index (χ4v) is 3.55. The van der Waals surface area contributed by atoms with Gasteiger partial charge in [-0.15, -0.1) is 0 Å². The first-order valence-electron chi connectivity index (χ1n) is 10.4.